The highest BCUT2D eigenvalue weighted by atomic mass is 16.5. The first-order valence-electron chi connectivity index (χ1n) is 5.30. The van der Waals surface area contributed by atoms with Crippen LogP contribution in [0.3, 0.4) is 0 Å². The molecule has 1 aliphatic carbocycles. The van der Waals surface area contributed by atoms with Gasteiger partial charge in [-0.2, -0.15) is 0 Å². The van der Waals surface area contributed by atoms with Crippen molar-refractivity contribution in [2.24, 2.45) is 16.7 Å². The molecule has 0 amide bonds. The Labute approximate surface area is 91.2 Å². The van der Waals surface area contributed by atoms with E-state index in [2.05, 4.69) is 13.8 Å². The van der Waals surface area contributed by atoms with E-state index in [9.17, 15) is 9.59 Å². The highest BCUT2D eigenvalue weighted by molar-refractivity contribution is 6.00. The summed E-state index contributed by atoms with van der Waals surface area (Å²) in [5.74, 6) is -0.959. The summed E-state index contributed by atoms with van der Waals surface area (Å²) in [4.78, 5) is 23.5. The SMILES string of the molecule is COC(=O)C1C(=O)CC(C)(C)CC1(C)C. The van der Waals surface area contributed by atoms with Crippen LogP contribution in [0, 0.1) is 16.7 Å². The van der Waals surface area contributed by atoms with Crippen molar-refractivity contribution in [2.45, 2.75) is 40.5 Å². The minimum absolute atomic E-state index is 0.00882. The lowest BCUT2D eigenvalue weighted by molar-refractivity contribution is -0.159. The minimum atomic E-state index is -0.587. The molecular formula is C12H20O3. The van der Waals surface area contributed by atoms with Gasteiger partial charge in [0, 0.05) is 6.42 Å². The summed E-state index contributed by atoms with van der Waals surface area (Å²) in [5, 5.41) is 0. The van der Waals surface area contributed by atoms with Crippen molar-refractivity contribution < 1.29 is 14.3 Å². The van der Waals surface area contributed by atoms with E-state index < -0.39 is 5.92 Å². The second kappa shape index (κ2) is 3.62. The summed E-state index contributed by atoms with van der Waals surface area (Å²) in [5.41, 5.74) is -0.309. The lowest BCUT2D eigenvalue weighted by atomic mass is 9.59. The van der Waals surface area contributed by atoms with Crippen LogP contribution < -0.4 is 0 Å². The average Bonchev–Trinajstić information content (AvgIpc) is 1.97. The number of ether oxygens (including phenoxy) is 1. The Kier molecular flexibility index (Phi) is 2.94. The first kappa shape index (κ1) is 12.2. The largest absolute Gasteiger partial charge is 0.468 e. The fraction of sp³-hybridized carbons (Fsp3) is 0.833. The van der Waals surface area contributed by atoms with Gasteiger partial charge in [0.1, 0.15) is 11.7 Å². The van der Waals surface area contributed by atoms with Crippen LogP contribution >= 0.6 is 0 Å². The summed E-state index contributed by atoms with van der Waals surface area (Å²) in [7, 11) is 1.34. The number of Topliss-reactive ketones (excluding diaryl/α,β-unsaturated/α-hetero) is 1. The van der Waals surface area contributed by atoms with E-state index in [1.54, 1.807) is 0 Å². The molecule has 3 nitrogen and oxygen atoms in total. The molecule has 0 spiro atoms. The lowest BCUT2D eigenvalue weighted by Gasteiger charge is -2.43. The van der Waals surface area contributed by atoms with E-state index in [0.717, 1.165) is 6.42 Å². The average molecular weight is 212 g/mol. The molecule has 0 heterocycles. The number of carbonyl (C=O) groups excluding carboxylic acids is 2. The number of rotatable bonds is 1. The second-order valence-electron chi connectivity index (χ2n) is 5.93. The maximum atomic E-state index is 11.9. The number of methoxy groups -OCH3 is 1. The fourth-order valence-corrected chi connectivity index (χ4v) is 2.98. The van der Waals surface area contributed by atoms with Crippen molar-refractivity contribution in [1.29, 1.82) is 0 Å². The van der Waals surface area contributed by atoms with E-state index in [0.29, 0.717) is 6.42 Å². The van der Waals surface area contributed by atoms with Gasteiger partial charge in [0.25, 0.3) is 0 Å². The third kappa shape index (κ3) is 2.39. The Morgan fingerprint density at radius 2 is 1.87 bits per heavy atom. The molecule has 0 aromatic rings. The minimum Gasteiger partial charge on any atom is -0.468 e. The van der Waals surface area contributed by atoms with Crippen LogP contribution in [0.25, 0.3) is 0 Å². The van der Waals surface area contributed by atoms with Crippen molar-refractivity contribution in [1.82, 2.24) is 0 Å². The maximum Gasteiger partial charge on any atom is 0.316 e. The van der Waals surface area contributed by atoms with Crippen LogP contribution in [-0.4, -0.2) is 18.9 Å². The Balaban J connectivity index is 2.99. The Morgan fingerprint density at radius 3 is 2.27 bits per heavy atom. The molecule has 15 heavy (non-hydrogen) atoms. The summed E-state index contributed by atoms with van der Waals surface area (Å²) in [6.45, 7) is 8.07. The van der Waals surface area contributed by atoms with E-state index >= 15 is 0 Å². The number of carbonyl (C=O) groups is 2. The number of hydrogen-bond donors (Lipinski definition) is 0. The maximum absolute atomic E-state index is 11.9. The molecule has 0 saturated heterocycles. The van der Waals surface area contributed by atoms with Crippen LogP contribution in [0.1, 0.15) is 40.5 Å². The number of ketones is 1. The normalized spacial score (nSPS) is 28.6. The molecular weight excluding hydrogens is 192 g/mol. The van der Waals surface area contributed by atoms with Crippen LogP contribution in [0.4, 0.5) is 0 Å². The summed E-state index contributed by atoms with van der Waals surface area (Å²) in [6, 6.07) is 0. The van der Waals surface area contributed by atoms with Crippen LogP contribution in [-0.2, 0) is 14.3 Å². The van der Waals surface area contributed by atoms with Gasteiger partial charge in [0.15, 0.2) is 0 Å². The molecule has 0 aromatic heterocycles. The Hall–Kier alpha value is -0.860. The molecule has 3 heteroatoms. The van der Waals surface area contributed by atoms with Crippen molar-refractivity contribution in [2.75, 3.05) is 7.11 Å². The van der Waals surface area contributed by atoms with Gasteiger partial charge in [-0.3, -0.25) is 9.59 Å². The van der Waals surface area contributed by atoms with Gasteiger partial charge >= 0.3 is 5.97 Å². The van der Waals surface area contributed by atoms with Gasteiger partial charge in [-0.25, -0.2) is 0 Å². The molecule has 1 atom stereocenters. The molecule has 1 fully saturated rings. The number of esters is 1. The van der Waals surface area contributed by atoms with E-state index in [1.165, 1.54) is 7.11 Å². The monoisotopic (exact) mass is 212 g/mol. The molecule has 1 rings (SSSR count). The topological polar surface area (TPSA) is 43.4 Å². The predicted molar refractivity (Wildman–Crippen MR) is 57.3 cm³/mol. The zero-order valence-electron chi connectivity index (χ0n) is 10.2. The molecule has 1 aliphatic rings. The lowest BCUT2D eigenvalue weighted by Crippen LogP contribution is -2.46. The van der Waals surface area contributed by atoms with Crippen molar-refractivity contribution in [3.8, 4) is 0 Å². The van der Waals surface area contributed by atoms with Crippen LogP contribution in [0.15, 0.2) is 0 Å². The molecule has 1 saturated carbocycles. The molecule has 0 N–H and O–H groups in total. The third-order valence-electron chi connectivity index (χ3n) is 3.13. The molecule has 0 aliphatic heterocycles. The molecule has 1 unspecified atom stereocenters. The third-order valence-corrected chi connectivity index (χ3v) is 3.13. The summed E-state index contributed by atoms with van der Waals surface area (Å²) >= 11 is 0. The Bertz CT molecular complexity index is 289. The van der Waals surface area contributed by atoms with E-state index in [1.807, 2.05) is 13.8 Å². The molecule has 86 valence electrons. The van der Waals surface area contributed by atoms with Crippen LogP contribution in [0.2, 0.25) is 0 Å². The summed E-state index contributed by atoms with van der Waals surface area (Å²) in [6.07, 6.45) is 1.34. The van der Waals surface area contributed by atoms with Gasteiger partial charge in [-0.15, -0.1) is 0 Å². The van der Waals surface area contributed by atoms with Crippen molar-refractivity contribution in [3.05, 3.63) is 0 Å². The van der Waals surface area contributed by atoms with Gasteiger partial charge in [0.05, 0.1) is 7.11 Å². The first-order chi connectivity index (χ1) is 6.69. The fourth-order valence-electron chi connectivity index (χ4n) is 2.98. The number of hydrogen-bond acceptors (Lipinski definition) is 3. The molecule has 0 radical (unpaired) electrons. The van der Waals surface area contributed by atoms with Gasteiger partial charge in [-0.1, -0.05) is 27.7 Å². The quantitative estimate of drug-likeness (QED) is 0.494. The van der Waals surface area contributed by atoms with Gasteiger partial charge in [0.2, 0.25) is 0 Å². The zero-order chi connectivity index (χ0) is 11.9. The van der Waals surface area contributed by atoms with Crippen molar-refractivity contribution >= 4 is 11.8 Å². The van der Waals surface area contributed by atoms with E-state index in [4.69, 9.17) is 4.74 Å². The predicted octanol–water partition coefficient (Wildman–Crippen LogP) is 2.19. The first-order valence-corrected chi connectivity index (χ1v) is 5.30. The Morgan fingerprint density at radius 1 is 1.33 bits per heavy atom. The smallest absolute Gasteiger partial charge is 0.316 e. The second-order valence-corrected chi connectivity index (χ2v) is 5.93. The molecule has 0 bridgehead atoms. The van der Waals surface area contributed by atoms with Gasteiger partial charge < -0.3 is 4.74 Å². The zero-order valence-corrected chi connectivity index (χ0v) is 10.2. The highest BCUT2D eigenvalue weighted by Crippen LogP contribution is 2.47. The van der Waals surface area contributed by atoms with Gasteiger partial charge in [-0.05, 0) is 17.3 Å². The van der Waals surface area contributed by atoms with Crippen molar-refractivity contribution in [3.63, 3.8) is 0 Å². The van der Waals surface area contributed by atoms with Crippen LogP contribution in [0.5, 0.6) is 0 Å². The highest BCUT2D eigenvalue weighted by Gasteiger charge is 2.49. The molecule has 0 aromatic carbocycles. The van der Waals surface area contributed by atoms with E-state index in [-0.39, 0.29) is 22.6 Å². The summed E-state index contributed by atoms with van der Waals surface area (Å²) < 4.78 is 4.70. The standard InChI is InChI=1S/C12H20O3/c1-11(2)6-8(13)9(10(14)15-5)12(3,4)7-11/h9H,6-7H2,1-5H3.